The number of nitro groups is 1. The van der Waals surface area contributed by atoms with Crippen molar-refractivity contribution in [2.45, 2.75) is 13.3 Å². The Hall–Kier alpha value is -1.69. The molecule has 96 valence electrons. The van der Waals surface area contributed by atoms with Crippen LogP contribution in [-0.2, 0) is 0 Å². The second-order valence-electron chi connectivity index (χ2n) is 3.51. The van der Waals surface area contributed by atoms with Gasteiger partial charge in [0, 0.05) is 12.6 Å². The molecule has 1 amide bonds. The minimum Gasteiger partial charge on any atom is -0.352 e. The molecular formula is C12H13BrN2O3. The summed E-state index contributed by atoms with van der Waals surface area (Å²) < 4.78 is 0.207. The molecule has 0 atom stereocenters. The molecular weight excluding hydrogens is 300 g/mol. The van der Waals surface area contributed by atoms with Crippen molar-refractivity contribution in [2.75, 3.05) is 6.54 Å². The van der Waals surface area contributed by atoms with Crippen molar-refractivity contribution >= 4 is 27.5 Å². The van der Waals surface area contributed by atoms with Gasteiger partial charge in [0.2, 0.25) is 0 Å². The van der Waals surface area contributed by atoms with Crippen LogP contribution in [0.1, 0.15) is 23.7 Å². The van der Waals surface area contributed by atoms with Crippen LogP contribution >= 0.6 is 15.9 Å². The van der Waals surface area contributed by atoms with Crippen LogP contribution in [0.3, 0.4) is 0 Å². The average molecular weight is 313 g/mol. The first-order valence-corrected chi connectivity index (χ1v) is 6.19. The number of amides is 1. The van der Waals surface area contributed by atoms with Crippen molar-refractivity contribution in [2.24, 2.45) is 0 Å². The number of hydrogen-bond acceptors (Lipinski definition) is 3. The summed E-state index contributed by atoms with van der Waals surface area (Å²) in [7, 11) is 0. The van der Waals surface area contributed by atoms with Crippen LogP contribution < -0.4 is 5.32 Å². The van der Waals surface area contributed by atoms with Gasteiger partial charge < -0.3 is 5.32 Å². The average Bonchev–Trinajstić information content (AvgIpc) is 2.34. The van der Waals surface area contributed by atoms with Crippen molar-refractivity contribution < 1.29 is 9.72 Å². The Morgan fingerprint density at radius 1 is 1.56 bits per heavy atom. The Balaban J connectivity index is 2.80. The van der Waals surface area contributed by atoms with Gasteiger partial charge in [-0.2, -0.15) is 0 Å². The highest BCUT2D eigenvalue weighted by Crippen LogP contribution is 2.28. The van der Waals surface area contributed by atoms with Gasteiger partial charge in [0.1, 0.15) is 4.47 Å². The molecule has 0 aliphatic rings. The molecule has 1 aromatic rings. The first kappa shape index (κ1) is 14.4. The minimum absolute atomic E-state index is 0.115. The van der Waals surface area contributed by atoms with E-state index < -0.39 is 4.92 Å². The molecule has 1 aromatic carbocycles. The molecule has 0 saturated heterocycles. The number of nitrogens with one attached hydrogen (secondary N) is 1. The van der Waals surface area contributed by atoms with Gasteiger partial charge in [-0.15, -0.1) is 0 Å². The number of halogens is 1. The minimum atomic E-state index is -0.527. The normalized spacial score (nSPS) is 10.6. The Labute approximate surface area is 113 Å². The van der Waals surface area contributed by atoms with Gasteiger partial charge in [-0.25, -0.2) is 0 Å². The van der Waals surface area contributed by atoms with E-state index in [4.69, 9.17) is 0 Å². The molecule has 18 heavy (non-hydrogen) atoms. The fraction of sp³-hybridized carbons (Fsp3) is 0.250. The highest BCUT2D eigenvalue weighted by Gasteiger charge is 2.18. The summed E-state index contributed by atoms with van der Waals surface area (Å²) in [4.78, 5) is 22.0. The van der Waals surface area contributed by atoms with Crippen molar-refractivity contribution in [3.05, 3.63) is 50.5 Å². The highest BCUT2D eigenvalue weighted by molar-refractivity contribution is 9.10. The fourth-order valence-electron chi connectivity index (χ4n) is 1.37. The van der Waals surface area contributed by atoms with E-state index in [0.717, 1.165) is 6.42 Å². The summed E-state index contributed by atoms with van der Waals surface area (Å²) in [5, 5.41) is 13.4. The van der Waals surface area contributed by atoms with Crippen molar-refractivity contribution in [3.63, 3.8) is 0 Å². The smallest absolute Gasteiger partial charge is 0.284 e. The number of carbonyl (C=O) groups excluding carboxylic acids is 1. The van der Waals surface area contributed by atoms with E-state index >= 15 is 0 Å². The molecule has 0 unspecified atom stereocenters. The zero-order valence-corrected chi connectivity index (χ0v) is 11.4. The first-order valence-electron chi connectivity index (χ1n) is 5.40. The van der Waals surface area contributed by atoms with Crippen LogP contribution in [0.15, 0.2) is 34.8 Å². The van der Waals surface area contributed by atoms with Gasteiger partial charge in [0.05, 0.1) is 10.5 Å². The zero-order chi connectivity index (χ0) is 13.5. The topological polar surface area (TPSA) is 72.2 Å². The Kier molecular flexibility index (Phi) is 5.51. The van der Waals surface area contributed by atoms with Gasteiger partial charge in [0.15, 0.2) is 0 Å². The molecule has 0 spiro atoms. The van der Waals surface area contributed by atoms with Crippen molar-refractivity contribution in [3.8, 4) is 0 Å². The van der Waals surface area contributed by atoms with Gasteiger partial charge >= 0.3 is 0 Å². The van der Waals surface area contributed by atoms with Crippen LogP contribution in [0.4, 0.5) is 5.69 Å². The lowest BCUT2D eigenvalue weighted by atomic mass is 10.2. The monoisotopic (exact) mass is 312 g/mol. The second kappa shape index (κ2) is 6.90. The molecule has 6 heteroatoms. The quantitative estimate of drug-likeness (QED) is 0.393. The molecule has 0 aromatic heterocycles. The third kappa shape index (κ3) is 3.66. The second-order valence-corrected chi connectivity index (χ2v) is 4.30. The maximum atomic E-state index is 11.8. The van der Waals surface area contributed by atoms with Crippen LogP contribution in [0.25, 0.3) is 0 Å². The molecule has 0 radical (unpaired) electrons. The Bertz CT molecular complexity index is 486. The number of rotatable bonds is 5. The molecule has 1 rings (SSSR count). The largest absolute Gasteiger partial charge is 0.352 e. The van der Waals surface area contributed by atoms with E-state index in [2.05, 4.69) is 21.2 Å². The third-order valence-corrected chi connectivity index (χ3v) is 3.09. The van der Waals surface area contributed by atoms with Crippen LogP contribution in [-0.4, -0.2) is 17.4 Å². The Morgan fingerprint density at radius 2 is 2.28 bits per heavy atom. The van der Waals surface area contributed by atoms with Crippen molar-refractivity contribution in [1.29, 1.82) is 0 Å². The molecule has 0 fully saturated rings. The number of carbonyl (C=O) groups is 1. The lowest BCUT2D eigenvalue weighted by Gasteiger charge is -2.05. The lowest BCUT2D eigenvalue weighted by molar-refractivity contribution is -0.385. The number of nitro benzene ring substituents is 1. The predicted octanol–water partition coefficient (Wildman–Crippen LogP) is 3.05. The summed E-state index contributed by atoms with van der Waals surface area (Å²) >= 11 is 3.09. The van der Waals surface area contributed by atoms with E-state index in [1.807, 2.05) is 19.1 Å². The Morgan fingerprint density at radius 3 is 2.89 bits per heavy atom. The van der Waals surface area contributed by atoms with Crippen LogP contribution in [0, 0.1) is 10.1 Å². The third-order valence-electron chi connectivity index (χ3n) is 2.25. The van der Waals surface area contributed by atoms with E-state index in [1.54, 1.807) is 6.07 Å². The molecule has 0 aliphatic heterocycles. The molecule has 5 nitrogen and oxygen atoms in total. The van der Waals surface area contributed by atoms with Gasteiger partial charge in [-0.3, -0.25) is 14.9 Å². The van der Waals surface area contributed by atoms with Crippen LogP contribution in [0.2, 0.25) is 0 Å². The number of benzene rings is 1. The SMILES string of the molecule is C/C=C/CCNC(=O)c1cccc([N+](=O)[O-])c1Br. The maximum Gasteiger partial charge on any atom is 0.284 e. The van der Waals surface area contributed by atoms with Crippen LogP contribution in [0.5, 0.6) is 0 Å². The van der Waals surface area contributed by atoms with Gasteiger partial charge in [-0.1, -0.05) is 18.2 Å². The van der Waals surface area contributed by atoms with E-state index in [1.165, 1.54) is 12.1 Å². The standard InChI is InChI=1S/C12H13BrN2O3/c1-2-3-4-8-14-12(16)9-6-5-7-10(11(9)13)15(17)18/h2-3,5-7H,4,8H2,1H3,(H,14,16)/b3-2+. The van der Waals surface area contributed by atoms with Gasteiger partial charge in [-0.05, 0) is 35.3 Å². The van der Waals surface area contributed by atoms with Gasteiger partial charge in [0.25, 0.3) is 11.6 Å². The summed E-state index contributed by atoms with van der Waals surface area (Å²) in [6, 6.07) is 4.38. The summed E-state index contributed by atoms with van der Waals surface area (Å²) in [5.74, 6) is -0.324. The highest BCUT2D eigenvalue weighted by atomic mass is 79.9. The van der Waals surface area contributed by atoms with E-state index in [9.17, 15) is 14.9 Å². The summed E-state index contributed by atoms with van der Waals surface area (Å²) in [5.41, 5.74) is 0.154. The maximum absolute atomic E-state index is 11.8. The molecule has 0 bridgehead atoms. The van der Waals surface area contributed by atoms with Crippen molar-refractivity contribution in [1.82, 2.24) is 5.32 Å². The number of hydrogen-bond donors (Lipinski definition) is 1. The molecule has 0 saturated carbocycles. The number of nitrogens with zero attached hydrogens (tertiary/aromatic N) is 1. The molecule has 0 heterocycles. The summed E-state index contributed by atoms with van der Waals surface area (Å²) in [6.07, 6.45) is 4.56. The fourth-order valence-corrected chi connectivity index (χ4v) is 1.96. The van der Waals surface area contributed by atoms with E-state index in [-0.39, 0.29) is 21.6 Å². The zero-order valence-electron chi connectivity index (χ0n) is 9.85. The molecule has 0 aliphatic carbocycles. The molecule has 1 N–H and O–H groups in total. The number of allylic oxidation sites excluding steroid dienone is 1. The lowest BCUT2D eigenvalue weighted by Crippen LogP contribution is -2.24. The van der Waals surface area contributed by atoms with E-state index in [0.29, 0.717) is 6.54 Å². The summed E-state index contributed by atoms with van der Waals surface area (Å²) in [6.45, 7) is 2.40. The predicted molar refractivity (Wildman–Crippen MR) is 72.6 cm³/mol. The first-order chi connectivity index (χ1) is 8.57.